The van der Waals surface area contributed by atoms with Gasteiger partial charge in [0.05, 0.1) is 12.5 Å². The second kappa shape index (κ2) is 7.15. The molecule has 7 nitrogen and oxygen atoms in total. The van der Waals surface area contributed by atoms with Gasteiger partial charge in [0.1, 0.15) is 5.39 Å². The molecule has 2 heterocycles. The maximum Gasteiger partial charge on any atom is 0.264 e. The lowest BCUT2D eigenvalue weighted by Crippen LogP contribution is -2.42. The summed E-state index contributed by atoms with van der Waals surface area (Å²) in [6, 6.07) is 0.284. The fourth-order valence-corrected chi connectivity index (χ4v) is 3.61. The standard InChI is InChI=1S/C17H25N5O2/c1-3-12-6-4-5-7-14(12)20-15(23)8-9-22-11-18-16-13(17(22)24)10-19-21(16)2/h10-12,14H,3-9H2,1-2H3,(H,20,23)/t12-,14+/m1/s1. The summed E-state index contributed by atoms with van der Waals surface area (Å²) in [5.41, 5.74) is 0.415. The largest absolute Gasteiger partial charge is 0.353 e. The van der Waals surface area contributed by atoms with Gasteiger partial charge in [-0.2, -0.15) is 5.10 Å². The predicted molar refractivity (Wildman–Crippen MR) is 91.6 cm³/mol. The van der Waals surface area contributed by atoms with Crippen LogP contribution >= 0.6 is 0 Å². The van der Waals surface area contributed by atoms with E-state index in [9.17, 15) is 9.59 Å². The number of aromatic nitrogens is 4. The molecule has 0 aliphatic heterocycles. The Morgan fingerprint density at radius 3 is 2.96 bits per heavy atom. The minimum Gasteiger partial charge on any atom is -0.353 e. The third-order valence-corrected chi connectivity index (χ3v) is 5.08. The van der Waals surface area contributed by atoms with Crippen molar-refractivity contribution in [2.75, 3.05) is 0 Å². The molecule has 2 atom stereocenters. The molecule has 0 unspecified atom stereocenters. The number of hydrogen-bond acceptors (Lipinski definition) is 4. The summed E-state index contributed by atoms with van der Waals surface area (Å²) in [5, 5.41) is 7.69. The van der Waals surface area contributed by atoms with Crippen molar-refractivity contribution in [2.24, 2.45) is 13.0 Å². The van der Waals surface area contributed by atoms with E-state index in [1.807, 2.05) is 0 Å². The number of nitrogens with zero attached hydrogens (tertiary/aromatic N) is 4. The minimum atomic E-state index is -0.148. The molecule has 24 heavy (non-hydrogen) atoms. The van der Waals surface area contributed by atoms with Crippen LogP contribution in [0.1, 0.15) is 45.4 Å². The first-order valence-electron chi connectivity index (χ1n) is 8.76. The first-order chi connectivity index (χ1) is 11.6. The molecule has 3 rings (SSSR count). The van der Waals surface area contributed by atoms with Crippen LogP contribution in [0.3, 0.4) is 0 Å². The van der Waals surface area contributed by atoms with E-state index >= 15 is 0 Å². The highest BCUT2D eigenvalue weighted by molar-refractivity contribution is 5.76. The summed E-state index contributed by atoms with van der Waals surface area (Å²) in [6.45, 7) is 2.52. The Kier molecular flexibility index (Phi) is 4.97. The molecule has 2 aromatic heterocycles. The molecule has 1 N–H and O–H groups in total. The van der Waals surface area contributed by atoms with Crippen molar-refractivity contribution in [3.63, 3.8) is 0 Å². The molecule has 0 spiro atoms. The third kappa shape index (κ3) is 3.34. The molecule has 0 radical (unpaired) electrons. The zero-order chi connectivity index (χ0) is 17.1. The van der Waals surface area contributed by atoms with Gasteiger partial charge in [0, 0.05) is 26.1 Å². The van der Waals surface area contributed by atoms with Gasteiger partial charge in [-0.1, -0.05) is 26.2 Å². The Morgan fingerprint density at radius 1 is 1.38 bits per heavy atom. The third-order valence-electron chi connectivity index (χ3n) is 5.08. The van der Waals surface area contributed by atoms with Crippen molar-refractivity contribution in [1.29, 1.82) is 0 Å². The van der Waals surface area contributed by atoms with Gasteiger partial charge in [-0.05, 0) is 18.8 Å². The van der Waals surface area contributed by atoms with E-state index in [1.165, 1.54) is 36.4 Å². The molecular weight excluding hydrogens is 306 g/mol. The van der Waals surface area contributed by atoms with Gasteiger partial charge < -0.3 is 5.32 Å². The van der Waals surface area contributed by atoms with Crippen LogP contribution in [0.15, 0.2) is 17.3 Å². The molecule has 2 aromatic rings. The Morgan fingerprint density at radius 2 is 2.17 bits per heavy atom. The van der Waals surface area contributed by atoms with Gasteiger partial charge in [-0.15, -0.1) is 0 Å². The zero-order valence-electron chi connectivity index (χ0n) is 14.4. The first-order valence-corrected chi connectivity index (χ1v) is 8.76. The molecule has 0 bridgehead atoms. The Hall–Kier alpha value is -2.18. The van der Waals surface area contributed by atoms with Gasteiger partial charge in [-0.3, -0.25) is 18.8 Å². The van der Waals surface area contributed by atoms with Crippen molar-refractivity contribution in [3.05, 3.63) is 22.9 Å². The van der Waals surface area contributed by atoms with Gasteiger partial charge >= 0.3 is 0 Å². The van der Waals surface area contributed by atoms with Crippen molar-refractivity contribution >= 4 is 16.9 Å². The Bertz CT molecular complexity index is 779. The summed E-state index contributed by atoms with van der Waals surface area (Å²) in [5.74, 6) is 0.595. The zero-order valence-corrected chi connectivity index (χ0v) is 14.4. The maximum atomic E-state index is 12.4. The smallest absolute Gasteiger partial charge is 0.264 e. The van der Waals surface area contributed by atoms with Crippen molar-refractivity contribution in [2.45, 2.75) is 58.0 Å². The SMILES string of the molecule is CC[C@@H]1CCCC[C@@H]1NC(=O)CCn1cnc2c(cnn2C)c1=O. The van der Waals surface area contributed by atoms with E-state index in [0.29, 0.717) is 29.9 Å². The van der Waals surface area contributed by atoms with E-state index in [1.54, 1.807) is 11.7 Å². The lowest BCUT2D eigenvalue weighted by atomic mass is 9.83. The lowest BCUT2D eigenvalue weighted by molar-refractivity contribution is -0.122. The van der Waals surface area contributed by atoms with Gasteiger partial charge in [-0.25, -0.2) is 4.98 Å². The molecule has 130 valence electrons. The summed E-state index contributed by atoms with van der Waals surface area (Å²) in [7, 11) is 1.75. The van der Waals surface area contributed by atoms with Gasteiger partial charge in [0.2, 0.25) is 5.91 Å². The number of amides is 1. The summed E-state index contributed by atoms with van der Waals surface area (Å²) in [6.07, 6.45) is 9.12. The Balaban J connectivity index is 1.62. The van der Waals surface area contributed by atoms with Crippen LogP contribution in [0.4, 0.5) is 0 Å². The summed E-state index contributed by atoms with van der Waals surface area (Å²) >= 11 is 0. The number of rotatable bonds is 5. The van der Waals surface area contributed by atoms with Crippen LogP contribution in [-0.4, -0.2) is 31.3 Å². The number of carbonyl (C=O) groups is 1. The molecular formula is C17H25N5O2. The van der Waals surface area contributed by atoms with Crippen molar-refractivity contribution in [1.82, 2.24) is 24.6 Å². The van der Waals surface area contributed by atoms with Crippen LogP contribution in [0.5, 0.6) is 0 Å². The quantitative estimate of drug-likeness (QED) is 0.902. The highest BCUT2D eigenvalue weighted by atomic mass is 16.2. The summed E-state index contributed by atoms with van der Waals surface area (Å²) in [4.78, 5) is 28.9. The first kappa shape index (κ1) is 16.7. The number of carbonyl (C=O) groups excluding carboxylic acids is 1. The van der Waals surface area contributed by atoms with Crippen LogP contribution in [0.25, 0.3) is 11.0 Å². The van der Waals surface area contributed by atoms with E-state index in [4.69, 9.17) is 0 Å². The fourth-order valence-electron chi connectivity index (χ4n) is 3.61. The van der Waals surface area contributed by atoms with E-state index in [0.717, 1.165) is 12.8 Å². The van der Waals surface area contributed by atoms with Crippen LogP contribution in [-0.2, 0) is 18.4 Å². The lowest BCUT2D eigenvalue weighted by Gasteiger charge is -2.31. The average molecular weight is 331 g/mol. The highest BCUT2D eigenvalue weighted by Crippen LogP contribution is 2.26. The maximum absolute atomic E-state index is 12.4. The van der Waals surface area contributed by atoms with Crippen molar-refractivity contribution < 1.29 is 4.79 Å². The van der Waals surface area contributed by atoms with E-state index in [-0.39, 0.29) is 17.5 Å². The number of hydrogen-bond donors (Lipinski definition) is 1. The second-order valence-corrected chi connectivity index (χ2v) is 6.63. The normalized spacial score (nSPS) is 21.1. The molecule has 7 heteroatoms. The molecule has 1 aliphatic carbocycles. The monoisotopic (exact) mass is 331 g/mol. The van der Waals surface area contributed by atoms with E-state index in [2.05, 4.69) is 22.3 Å². The minimum absolute atomic E-state index is 0.0125. The number of aryl methyl sites for hydroxylation is 2. The highest BCUT2D eigenvalue weighted by Gasteiger charge is 2.24. The van der Waals surface area contributed by atoms with Crippen LogP contribution in [0, 0.1) is 5.92 Å². The molecule has 1 aliphatic rings. The molecule has 1 fully saturated rings. The Labute approximate surface area is 141 Å². The topological polar surface area (TPSA) is 81.8 Å². The van der Waals surface area contributed by atoms with Gasteiger partial charge in [0.25, 0.3) is 5.56 Å². The molecule has 0 saturated heterocycles. The fraction of sp³-hybridized carbons (Fsp3) is 0.647. The molecule has 0 aromatic carbocycles. The van der Waals surface area contributed by atoms with Gasteiger partial charge in [0.15, 0.2) is 5.65 Å². The summed E-state index contributed by atoms with van der Waals surface area (Å²) < 4.78 is 3.06. The number of fused-ring (bicyclic) bond motifs is 1. The van der Waals surface area contributed by atoms with Crippen molar-refractivity contribution in [3.8, 4) is 0 Å². The average Bonchev–Trinajstić information content (AvgIpc) is 2.97. The predicted octanol–water partition coefficient (Wildman–Crippen LogP) is 1.61. The van der Waals surface area contributed by atoms with E-state index < -0.39 is 0 Å². The van der Waals surface area contributed by atoms with Crippen LogP contribution < -0.4 is 10.9 Å². The number of nitrogens with one attached hydrogen (secondary N) is 1. The van der Waals surface area contributed by atoms with Crippen LogP contribution in [0.2, 0.25) is 0 Å². The molecule has 1 amide bonds. The molecule has 1 saturated carbocycles. The second-order valence-electron chi connectivity index (χ2n) is 6.63.